The smallest absolute Gasteiger partial charge is 0.280 e. The van der Waals surface area contributed by atoms with Crippen LogP contribution in [-0.2, 0) is 4.79 Å². The third-order valence-electron chi connectivity index (χ3n) is 2.25. The van der Waals surface area contributed by atoms with Gasteiger partial charge in [-0.3, -0.25) is 4.79 Å². The lowest BCUT2D eigenvalue weighted by atomic mass is 10.2. The average molecular weight is 266 g/mol. The van der Waals surface area contributed by atoms with Crippen molar-refractivity contribution in [2.75, 3.05) is 7.11 Å². The maximum Gasteiger partial charge on any atom is 0.280 e. The van der Waals surface area contributed by atoms with Gasteiger partial charge < -0.3 is 4.74 Å². The van der Waals surface area contributed by atoms with E-state index in [4.69, 9.17) is 22.8 Å². The highest BCUT2D eigenvalue weighted by Crippen LogP contribution is 2.32. The zero-order valence-corrected chi connectivity index (χ0v) is 10.7. The molecule has 1 aromatic rings. The summed E-state index contributed by atoms with van der Waals surface area (Å²) in [7, 11) is 1.58. The van der Waals surface area contributed by atoms with Crippen molar-refractivity contribution in [1.82, 2.24) is 5.01 Å². The van der Waals surface area contributed by atoms with Gasteiger partial charge in [-0.25, -0.2) is 10.9 Å². The highest BCUT2D eigenvalue weighted by Gasteiger charge is 2.29. The highest BCUT2D eigenvalue weighted by molar-refractivity contribution is 8.26. The number of amides is 1. The van der Waals surface area contributed by atoms with Gasteiger partial charge in [0.05, 0.1) is 12.0 Å². The Kier molecular flexibility index (Phi) is 3.46. The van der Waals surface area contributed by atoms with Gasteiger partial charge in [-0.2, -0.15) is 0 Å². The molecule has 0 saturated carbocycles. The van der Waals surface area contributed by atoms with Crippen LogP contribution in [-0.4, -0.2) is 22.3 Å². The van der Waals surface area contributed by atoms with Crippen molar-refractivity contribution in [2.24, 2.45) is 5.84 Å². The first-order chi connectivity index (χ1) is 8.13. The number of hydrogen-bond donors (Lipinski definition) is 1. The maximum atomic E-state index is 11.7. The number of hydrazine groups is 1. The molecule has 2 N–H and O–H groups in total. The molecule has 0 aliphatic carbocycles. The molecule has 1 aliphatic heterocycles. The van der Waals surface area contributed by atoms with Gasteiger partial charge in [-0.1, -0.05) is 42.2 Å². The Morgan fingerprint density at radius 2 is 2.18 bits per heavy atom. The number of para-hydroxylation sites is 1. The number of nitrogens with zero attached hydrogens (tertiary/aromatic N) is 1. The first kappa shape index (κ1) is 12.1. The Balaban J connectivity index is 2.37. The molecule has 0 unspecified atom stereocenters. The van der Waals surface area contributed by atoms with E-state index >= 15 is 0 Å². The molecule has 4 nitrogen and oxygen atoms in total. The zero-order valence-electron chi connectivity index (χ0n) is 9.04. The summed E-state index contributed by atoms with van der Waals surface area (Å²) < 4.78 is 5.56. The SMILES string of the molecule is COc1ccccc1/C=C1\SC(=S)N(N)C1=O. The number of benzene rings is 1. The summed E-state index contributed by atoms with van der Waals surface area (Å²) in [6, 6.07) is 7.43. The Bertz CT molecular complexity index is 514. The molecule has 2 rings (SSSR count). The van der Waals surface area contributed by atoms with Crippen LogP contribution in [0.15, 0.2) is 29.2 Å². The summed E-state index contributed by atoms with van der Waals surface area (Å²) in [6.45, 7) is 0. The Hall–Kier alpha value is -1.37. The molecule has 1 fully saturated rings. The first-order valence-electron chi connectivity index (χ1n) is 4.79. The van der Waals surface area contributed by atoms with Crippen LogP contribution in [0.2, 0.25) is 0 Å². The van der Waals surface area contributed by atoms with Gasteiger partial charge >= 0.3 is 0 Å². The normalized spacial score (nSPS) is 18.0. The topological polar surface area (TPSA) is 55.6 Å². The van der Waals surface area contributed by atoms with Crippen molar-refractivity contribution < 1.29 is 9.53 Å². The molecule has 0 spiro atoms. The summed E-state index contributed by atoms with van der Waals surface area (Å²) >= 11 is 6.13. The fourth-order valence-corrected chi connectivity index (χ4v) is 2.50. The Morgan fingerprint density at radius 1 is 1.47 bits per heavy atom. The van der Waals surface area contributed by atoms with Gasteiger partial charge in [-0.05, 0) is 12.1 Å². The molecular formula is C11H10N2O2S2. The van der Waals surface area contributed by atoms with E-state index in [1.165, 1.54) is 11.8 Å². The molecule has 0 bridgehead atoms. The number of carbonyl (C=O) groups is 1. The average Bonchev–Trinajstić information content (AvgIpc) is 2.58. The quantitative estimate of drug-likeness (QED) is 0.383. The van der Waals surface area contributed by atoms with E-state index in [9.17, 15) is 4.79 Å². The number of hydrogen-bond acceptors (Lipinski definition) is 5. The van der Waals surface area contributed by atoms with E-state index in [1.54, 1.807) is 13.2 Å². The lowest BCUT2D eigenvalue weighted by molar-refractivity contribution is -0.122. The van der Waals surface area contributed by atoms with Crippen molar-refractivity contribution in [3.63, 3.8) is 0 Å². The van der Waals surface area contributed by atoms with E-state index in [1.807, 2.05) is 24.3 Å². The van der Waals surface area contributed by atoms with E-state index in [0.29, 0.717) is 15.0 Å². The van der Waals surface area contributed by atoms with Gasteiger partial charge in [0.2, 0.25) is 0 Å². The van der Waals surface area contributed by atoms with Crippen molar-refractivity contribution >= 4 is 40.3 Å². The lowest BCUT2D eigenvalue weighted by Crippen LogP contribution is -2.34. The molecular weight excluding hydrogens is 256 g/mol. The summed E-state index contributed by atoms with van der Waals surface area (Å²) in [5, 5.41) is 0.973. The van der Waals surface area contributed by atoms with Gasteiger partial charge in [0.25, 0.3) is 5.91 Å². The van der Waals surface area contributed by atoms with Crippen LogP contribution < -0.4 is 10.6 Å². The monoisotopic (exact) mass is 266 g/mol. The lowest BCUT2D eigenvalue weighted by Gasteiger charge is -2.04. The molecule has 1 heterocycles. The molecule has 0 aromatic heterocycles. The van der Waals surface area contributed by atoms with Crippen LogP contribution in [0, 0.1) is 0 Å². The summed E-state index contributed by atoms with van der Waals surface area (Å²) in [6.07, 6.45) is 1.73. The third kappa shape index (κ3) is 2.33. The Morgan fingerprint density at radius 3 is 2.76 bits per heavy atom. The molecule has 1 saturated heterocycles. The first-order valence-corrected chi connectivity index (χ1v) is 6.01. The van der Waals surface area contributed by atoms with Crippen LogP contribution >= 0.6 is 24.0 Å². The van der Waals surface area contributed by atoms with E-state index in [0.717, 1.165) is 10.6 Å². The van der Waals surface area contributed by atoms with Crippen molar-refractivity contribution in [3.8, 4) is 5.75 Å². The van der Waals surface area contributed by atoms with Crippen molar-refractivity contribution in [2.45, 2.75) is 0 Å². The van der Waals surface area contributed by atoms with Crippen LogP contribution in [0.5, 0.6) is 5.75 Å². The molecule has 17 heavy (non-hydrogen) atoms. The molecule has 0 atom stereocenters. The van der Waals surface area contributed by atoms with E-state index in [-0.39, 0.29) is 5.91 Å². The number of ether oxygens (including phenoxy) is 1. The molecule has 1 aliphatic rings. The minimum absolute atomic E-state index is 0.286. The summed E-state index contributed by atoms with van der Waals surface area (Å²) in [5.74, 6) is 5.90. The Labute approximate surface area is 108 Å². The second-order valence-electron chi connectivity index (χ2n) is 3.29. The number of thiocarbonyl (C=S) groups is 1. The number of carbonyl (C=O) groups excluding carboxylic acids is 1. The number of rotatable bonds is 2. The second kappa shape index (κ2) is 4.87. The van der Waals surface area contributed by atoms with Crippen LogP contribution in [0.1, 0.15) is 5.56 Å². The van der Waals surface area contributed by atoms with Crippen LogP contribution in [0.25, 0.3) is 6.08 Å². The minimum Gasteiger partial charge on any atom is -0.496 e. The van der Waals surface area contributed by atoms with Gasteiger partial charge in [0.1, 0.15) is 5.75 Å². The molecule has 88 valence electrons. The van der Waals surface area contributed by atoms with E-state index in [2.05, 4.69) is 0 Å². The van der Waals surface area contributed by atoms with Crippen molar-refractivity contribution in [1.29, 1.82) is 0 Å². The fourth-order valence-electron chi connectivity index (χ4n) is 1.41. The third-order valence-corrected chi connectivity index (χ3v) is 3.58. The van der Waals surface area contributed by atoms with Crippen molar-refractivity contribution in [3.05, 3.63) is 34.7 Å². The predicted molar refractivity (Wildman–Crippen MR) is 72.2 cm³/mol. The number of nitrogens with two attached hydrogens (primary N) is 1. The summed E-state index contributed by atoms with van der Waals surface area (Å²) in [4.78, 5) is 12.2. The minimum atomic E-state index is -0.286. The van der Waals surface area contributed by atoms with E-state index < -0.39 is 0 Å². The largest absolute Gasteiger partial charge is 0.496 e. The second-order valence-corrected chi connectivity index (χ2v) is 4.97. The number of thioether (sulfide) groups is 1. The predicted octanol–water partition coefficient (Wildman–Crippen LogP) is 1.77. The molecule has 6 heteroatoms. The zero-order chi connectivity index (χ0) is 12.4. The van der Waals surface area contributed by atoms with Crippen LogP contribution in [0.3, 0.4) is 0 Å². The van der Waals surface area contributed by atoms with Gasteiger partial charge in [0.15, 0.2) is 4.32 Å². The maximum absolute atomic E-state index is 11.7. The standard InChI is InChI=1S/C11H10N2O2S2/c1-15-8-5-3-2-4-7(8)6-9-10(14)13(12)11(16)17-9/h2-6H,12H2,1H3/b9-6-. The summed E-state index contributed by atoms with van der Waals surface area (Å²) in [5.41, 5.74) is 0.823. The molecule has 1 aromatic carbocycles. The highest BCUT2D eigenvalue weighted by atomic mass is 32.2. The number of methoxy groups -OCH3 is 1. The van der Waals surface area contributed by atoms with Gasteiger partial charge in [-0.15, -0.1) is 0 Å². The molecule has 1 amide bonds. The van der Waals surface area contributed by atoms with Crippen LogP contribution in [0.4, 0.5) is 0 Å². The molecule has 0 radical (unpaired) electrons. The van der Waals surface area contributed by atoms with Gasteiger partial charge in [0, 0.05) is 5.56 Å². The fraction of sp³-hybridized carbons (Fsp3) is 0.0909.